The molecule has 1 saturated heterocycles. The number of carbonyl (C=O) groups excluding carboxylic acids is 1. The molecule has 1 amide bonds. The lowest BCUT2D eigenvalue weighted by molar-refractivity contribution is -0.0805. The van der Waals surface area contributed by atoms with E-state index in [1.807, 2.05) is 6.92 Å². The van der Waals surface area contributed by atoms with Crippen molar-refractivity contribution in [3.05, 3.63) is 65.8 Å². The van der Waals surface area contributed by atoms with Crippen LogP contribution in [0.4, 0.5) is 4.39 Å². The normalized spacial score (nSPS) is 21.3. The summed E-state index contributed by atoms with van der Waals surface area (Å²) in [6.07, 6.45) is 2.55. The predicted molar refractivity (Wildman–Crippen MR) is 99.1 cm³/mol. The van der Waals surface area contributed by atoms with Gasteiger partial charge in [0, 0.05) is 6.54 Å². The van der Waals surface area contributed by atoms with Crippen molar-refractivity contribution in [2.75, 3.05) is 13.1 Å². The van der Waals surface area contributed by atoms with Crippen LogP contribution in [0.15, 0.2) is 47.0 Å². The number of ether oxygens (including phenoxy) is 1. The number of halogens is 1. The molecule has 5 rings (SSSR count). The lowest BCUT2D eigenvalue weighted by atomic mass is 10.0. The zero-order valence-corrected chi connectivity index (χ0v) is 15.5. The fourth-order valence-corrected chi connectivity index (χ4v) is 4.08. The highest BCUT2D eigenvalue weighted by atomic mass is 19.1. The molecule has 2 aromatic heterocycles. The lowest BCUT2D eigenvalue weighted by Crippen LogP contribution is -2.45. The van der Waals surface area contributed by atoms with Gasteiger partial charge in [0.1, 0.15) is 29.6 Å². The zero-order valence-electron chi connectivity index (χ0n) is 15.5. The molecule has 1 atom stereocenters. The van der Waals surface area contributed by atoms with Crippen molar-refractivity contribution in [2.24, 2.45) is 0 Å². The average Bonchev–Trinajstić information content (AvgIpc) is 3.41. The number of hydrogen-bond acceptors (Lipinski definition) is 4. The van der Waals surface area contributed by atoms with Crippen LogP contribution in [0.2, 0.25) is 0 Å². The van der Waals surface area contributed by atoms with Gasteiger partial charge in [0.25, 0.3) is 5.91 Å². The van der Waals surface area contributed by atoms with Gasteiger partial charge >= 0.3 is 0 Å². The van der Waals surface area contributed by atoms with Crippen molar-refractivity contribution in [3.8, 4) is 11.3 Å². The first-order chi connectivity index (χ1) is 13.5. The van der Waals surface area contributed by atoms with Gasteiger partial charge in [-0.1, -0.05) is 0 Å². The summed E-state index contributed by atoms with van der Waals surface area (Å²) >= 11 is 0. The molecule has 2 aliphatic rings. The van der Waals surface area contributed by atoms with Gasteiger partial charge in [0.15, 0.2) is 5.76 Å². The first kappa shape index (κ1) is 17.2. The third kappa shape index (κ3) is 2.82. The molecule has 3 aromatic rings. The van der Waals surface area contributed by atoms with Gasteiger partial charge in [-0.15, -0.1) is 0 Å². The van der Waals surface area contributed by atoms with Crippen LogP contribution in [0.3, 0.4) is 0 Å². The molecule has 1 spiro atoms. The molecular weight excluding hydrogens is 361 g/mol. The van der Waals surface area contributed by atoms with E-state index in [2.05, 4.69) is 9.55 Å². The van der Waals surface area contributed by atoms with Crippen molar-refractivity contribution >= 4 is 5.91 Å². The third-order valence-corrected chi connectivity index (χ3v) is 5.59. The Balaban J connectivity index is 1.39. The molecule has 7 heteroatoms. The highest BCUT2D eigenvalue weighted by molar-refractivity contribution is 5.91. The number of fused-ring (bicyclic) bond motifs is 1. The number of amides is 1. The Kier molecular flexibility index (Phi) is 3.87. The minimum atomic E-state index is -0.445. The SMILES string of the molecule is Cc1ccc(C(=O)N2CC[C@@]3(C2)Cn2c(-c4ccc(F)cc4)cnc2CO3)o1. The number of furan rings is 1. The number of likely N-dealkylation sites (tertiary alicyclic amines) is 1. The molecule has 0 saturated carbocycles. The summed E-state index contributed by atoms with van der Waals surface area (Å²) in [5.74, 6) is 1.55. The first-order valence-corrected chi connectivity index (χ1v) is 9.33. The Hall–Kier alpha value is -2.93. The second-order valence-corrected chi connectivity index (χ2v) is 7.51. The fourth-order valence-electron chi connectivity index (χ4n) is 4.08. The van der Waals surface area contributed by atoms with Crippen molar-refractivity contribution < 1.29 is 18.3 Å². The Morgan fingerprint density at radius 1 is 1.18 bits per heavy atom. The molecule has 144 valence electrons. The summed E-state index contributed by atoms with van der Waals surface area (Å²) in [4.78, 5) is 19.0. The quantitative estimate of drug-likeness (QED) is 0.683. The van der Waals surface area contributed by atoms with Gasteiger partial charge in [-0.3, -0.25) is 4.79 Å². The van der Waals surface area contributed by atoms with E-state index in [1.54, 1.807) is 35.4 Å². The van der Waals surface area contributed by atoms with E-state index in [0.717, 1.165) is 29.3 Å². The number of rotatable bonds is 2. The number of imidazole rings is 1. The monoisotopic (exact) mass is 381 g/mol. The lowest BCUT2D eigenvalue weighted by Gasteiger charge is -2.35. The van der Waals surface area contributed by atoms with Crippen LogP contribution >= 0.6 is 0 Å². The largest absolute Gasteiger partial charge is 0.456 e. The second-order valence-electron chi connectivity index (χ2n) is 7.51. The summed E-state index contributed by atoms with van der Waals surface area (Å²) in [6.45, 7) is 3.95. The average molecular weight is 381 g/mol. The second kappa shape index (κ2) is 6.31. The van der Waals surface area contributed by atoms with E-state index in [1.165, 1.54) is 12.1 Å². The van der Waals surface area contributed by atoms with Gasteiger partial charge in [0.05, 0.1) is 25.0 Å². The molecule has 0 aliphatic carbocycles. The molecule has 0 bridgehead atoms. The molecule has 4 heterocycles. The van der Waals surface area contributed by atoms with Crippen molar-refractivity contribution in [1.82, 2.24) is 14.5 Å². The van der Waals surface area contributed by atoms with Gasteiger partial charge in [-0.2, -0.15) is 0 Å². The number of hydrogen-bond donors (Lipinski definition) is 0. The van der Waals surface area contributed by atoms with Crippen molar-refractivity contribution in [3.63, 3.8) is 0 Å². The van der Waals surface area contributed by atoms with Crippen LogP contribution in [0.5, 0.6) is 0 Å². The van der Waals surface area contributed by atoms with E-state index in [0.29, 0.717) is 32.0 Å². The zero-order chi connectivity index (χ0) is 19.3. The minimum absolute atomic E-state index is 0.108. The van der Waals surface area contributed by atoms with E-state index in [4.69, 9.17) is 9.15 Å². The Labute approximate surface area is 161 Å². The molecule has 0 unspecified atom stereocenters. The molecule has 0 radical (unpaired) electrons. The molecule has 6 nitrogen and oxygen atoms in total. The van der Waals surface area contributed by atoms with E-state index in [-0.39, 0.29) is 11.7 Å². The highest BCUT2D eigenvalue weighted by Crippen LogP contribution is 2.35. The van der Waals surface area contributed by atoms with Gasteiger partial charge in [-0.25, -0.2) is 9.37 Å². The van der Waals surface area contributed by atoms with E-state index >= 15 is 0 Å². The van der Waals surface area contributed by atoms with E-state index in [9.17, 15) is 9.18 Å². The molecule has 1 fully saturated rings. The summed E-state index contributed by atoms with van der Waals surface area (Å²) in [5, 5.41) is 0. The number of benzene rings is 1. The molecular formula is C21H20FN3O3. The Morgan fingerprint density at radius 2 is 2.00 bits per heavy atom. The van der Waals surface area contributed by atoms with E-state index < -0.39 is 5.60 Å². The maximum atomic E-state index is 13.3. The highest BCUT2D eigenvalue weighted by Gasteiger charge is 2.45. The fraction of sp³-hybridized carbons (Fsp3) is 0.333. The van der Waals surface area contributed by atoms with Gasteiger partial charge < -0.3 is 18.6 Å². The number of nitrogens with zero attached hydrogens (tertiary/aromatic N) is 3. The summed E-state index contributed by atoms with van der Waals surface area (Å²) in [7, 11) is 0. The maximum absolute atomic E-state index is 13.3. The minimum Gasteiger partial charge on any atom is -0.456 e. The van der Waals surface area contributed by atoms with Crippen molar-refractivity contribution in [2.45, 2.75) is 32.1 Å². The van der Waals surface area contributed by atoms with Crippen LogP contribution in [-0.2, 0) is 17.9 Å². The Morgan fingerprint density at radius 3 is 2.75 bits per heavy atom. The van der Waals surface area contributed by atoms with Crippen LogP contribution in [-0.4, -0.2) is 39.0 Å². The first-order valence-electron chi connectivity index (χ1n) is 9.33. The molecule has 28 heavy (non-hydrogen) atoms. The van der Waals surface area contributed by atoms with Crippen molar-refractivity contribution in [1.29, 1.82) is 0 Å². The summed E-state index contributed by atoms with van der Waals surface area (Å²) < 4.78 is 27.1. The molecule has 2 aliphatic heterocycles. The smallest absolute Gasteiger partial charge is 0.289 e. The van der Waals surface area contributed by atoms with Gasteiger partial charge in [-0.05, 0) is 55.3 Å². The number of aryl methyl sites for hydroxylation is 1. The topological polar surface area (TPSA) is 60.5 Å². The van der Waals surface area contributed by atoms with Crippen LogP contribution < -0.4 is 0 Å². The van der Waals surface area contributed by atoms with Crippen LogP contribution in [0.1, 0.15) is 28.6 Å². The van der Waals surface area contributed by atoms with Crippen LogP contribution in [0.25, 0.3) is 11.3 Å². The number of carbonyl (C=O) groups is 1. The number of aromatic nitrogens is 2. The predicted octanol–water partition coefficient (Wildman–Crippen LogP) is 3.41. The summed E-state index contributed by atoms with van der Waals surface area (Å²) in [6, 6.07) is 9.92. The molecule has 0 N–H and O–H groups in total. The van der Waals surface area contributed by atoms with Crippen LogP contribution in [0, 0.1) is 12.7 Å². The van der Waals surface area contributed by atoms with Gasteiger partial charge in [0.2, 0.25) is 0 Å². The maximum Gasteiger partial charge on any atom is 0.289 e. The standard InChI is InChI=1S/C21H20FN3O3/c1-14-2-7-18(28-14)20(26)24-9-8-21(12-24)13-25-17(10-23-19(25)11-27-21)15-3-5-16(22)6-4-15/h2-7,10H,8-9,11-13H2,1H3/t21-/m1/s1. The third-order valence-electron chi connectivity index (χ3n) is 5.59. The molecule has 1 aromatic carbocycles. The summed E-state index contributed by atoms with van der Waals surface area (Å²) in [5.41, 5.74) is 1.40. The Bertz CT molecular complexity index is 1040.